The summed E-state index contributed by atoms with van der Waals surface area (Å²) in [4.78, 5) is 27.2. The molecule has 0 aliphatic carbocycles. The van der Waals surface area contributed by atoms with Crippen LogP contribution < -0.4 is 9.47 Å². The van der Waals surface area contributed by atoms with Crippen molar-refractivity contribution in [3.63, 3.8) is 0 Å². The third kappa shape index (κ3) is 7.38. The number of hydrogen-bond acceptors (Lipinski definition) is 5. The van der Waals surface area contributed by atoms with Gasteiger partial charge >= 0.3 is 11.9 Å². The molecule has 3 aromatic rings. The fraction of sp³-hybridized carbons (Fsp3) is 0.444. The van der Waals surface area contributed by atoms with Crippen molar-refractivity contribution in [1.82, 2.24) is 0 Å². The Labute approximate surface area is 245 Å². The number of hydrogen-bond donors (Lipinski definition) is 1. The first kappa shape index (κ1) is 31.9. The lowest BCUT2D eigenvalue weighted by Crippen LogP contribution is -2.24. The first-order valence-electron chi connectivity index (χ1n) is 14.2. The fourth-order valence-electron chi connectivity index (χ4n) is 4.67. The Bertz CT molecular complexity index is 1370. The van der Waals surface area contributed by atoms with Crippen molar-refractivity contribution >= 4 is 11.9 Å². The predicted octanol–water partition coefficient (Wildman–Crippen LogP) is 9.02. The standard InChI is InChI=1S/C36H46O5/c1-33(2,3)25-18-22(19-26(29(25)37)34(4,5)6)32(39)41-30-27(35(7,8)9)20-23(21-28(30)36(10,11)12)31(38)40-24-16-14-13-15-17-24/h13-21,37H,1-12H3. The van der Waals surface area contributed by atoms with Gasteiger partial charge in [0, 0.05) is 22.3 Å². The van der Waals surface area contributed by atoms with E-state index in [1.807, 2.05) is 101 Å². The number of ether oxygens (including phenoxy) is 2. The quantitative estimate of drug-likeness (QED) is 0.255. The molecule has 0 spiro atoms. The van der Waals surface area contributed by atoms with Gasteiger partial charge in [0.05, 0.1) is 11.1 Å². The molecule has 0 bridgehead atoms. The van der Waals surface area contributed by atoms with E-state index in [-0.39, 0.29) is 5.75 Å². The second kappa shape index (κ2) is 11.0. The highest BCUT2D eigenvalue weighted by molar-refractivity contribution is 5.94. The molecule has 0 aromatic heterocycles. The number of esters is 2. The topological polar surface area (TPSA) is 72.8 Å². The number of phenols is 1. The summed E-state index contributed by atoms with van der Waals surface area (Å²) in [5, 5.41) is 11.1. The molecule has 0 atom stereocenters. The average Bonchev–Trinajstić information content (AvgIpc) is 2.81. The maximum Gasteiger partial charge on any atom is 0.343 e. The predicted molar refractivity (Wildman–Crippen MR) is 166 cm³/mol. The third-order valence-corrected chi connectivity index (χ3v) is 7.05. The number of phenolic OH excluding ortho intramolecular Hbond substituents is 1. The molecule has 0 aliphatic heterocycles. The van der Waals surface area contributed by atoms with Gasteiger partial charge in [-0.05, 0) is 58.1 Å². The minimum atomic E-state index is -0.517. The normalized spacial score (nSPS) is 12.7. The van der Waals surface area contributed by atoms with Crippen LogP contribution in [0.1, 0.15) is 126 Å². The lowest BCUT2D eigenvalue weighted by atomic mass is 9.78. The molecular formula is C36H46O5. The van der Waals surface area contributed by atoms with E-state index < -0.39 is 33.6 Å². The summed E-state index contributed by atoms with van der Waals surface area (Å²) in [6.07, 6.45) is 0. The van der Waals surface area contributed by atoms with Gasteiger partial charge in [-0.3, -0.25) is 0 Å². The number of carbonyl (C=O) groups is 2. The van der Waals surface area contributed by atoms with Gasteiger partial charge in [0.25, 0.3) is 0 Å². The second-order valence-electron chi connectivity index (χ2n) is 14.9. The van der Waals surface area contributed by atoms with Gasteiger partial charge in [0.15, 0.2) is 0 Å². The van der Waals surface area contributed by atoms with Gasteiger partial charge in [-0.1, -0.05) is 101 Å². The summed E-state index contributed by atoms with van der Waals surface area (Å²) in [5.41, 5.74) is 1.87. The van der Waals surface area contributed by atoms with Crippen LogP contribution in [0.4, 0.5) is 0 Å². The zero-order valence-electron chi connectivity index (χ0n) is 26.8. The van der Waals surface area contributed by atoms with Crippen LogP contribution >= 0.6 is 0 Å². The van der Waals surface area contributed by atoms with E-state index in [2.05, 4.69) is 0 Å². The van der Waals surface area contributed by atoms with Crippen molar-refractivity contribution < 1.29 is 24.2 Å². The zero-order valence-corrected chi connectivity index (χ0v) is 26.8. The summed E-state index contributed by atoms with van der Waals surface area (Å²) >= 11 is 0. The van der Waals surface area contributed by atoms with Crippen molar-refractivity contribution in [2.75, 3.05) is 0 Å². The Kier molecular flexibility index (Phi) is 8.56. The molecule has 0 radical (unpaired) electrons. The van der Waals surface area contributed by atoms with E-state index in [9.17, 15) is 14.7 Å². The van der Waals surface area contributed by atoms with Crippen molar-refractivity contribution in [3.8, 4) is 17.2 Å². The Morgan fingerprint density at radius 1 is 0.537 bits per heavy atom. The van der Waals surface area contributed by atoms with Crippen LogP contribution in [0.25, 0.3) is 0 Å². The van der Waals surface area contributed by atoms with Crippen LogP contribution in [0.3, 0.4) is 0 Å². The molecule has 41 heavy (non-hydrogen) atoms. The van der Waals surface area contributed by atoms with E-state index in [4.69, 9.17) is 9.47 Å². The molecule has 5 nitrogen and oxygen atoms in total. The molecule has 0 fully saturated rings. The third-order valence-electron chi connectivity index (χ3n) is 7.05. The molecule has 0 heterocycles. The maximum absolute atomic E-state index is 13.9. The molecule has 0 saturated heterocycles. The Morgan fingerprint density at radius 2 is 0.878 bits per heavy atom. The largest absolute Gasteiger partial charge is 0.507 e. The molecule has 5 heteroatoms. The van der Waals surface area contributed by atoms with Crippen LogP contribution in [0.5, 0.6) is 17.2 Å². The monoisotopic (exact) mass is 558 g/mol. The van der Waals surface area contributed by atoms with Crippen LogP contribution in [-0.2, 0) is 21.7 Å². The Morgan fingerprint density at radius 3 is 1.24 bits per heavy atom. The lowest BCUT2D eigenvalue weighted by Gasteiger charge is -2.30. The number of benzene rings is 3. The van der Waals surface area contributed by atoms with Crippen molar-refractivity contribution in [1.29, 1.82) is 0 Å². The summed E-state index contributed by atoms with van der Waals surface area (Å²) in [7, 11) is 0. The highest BCUT2D eigenvalue weighted by atomic mass is 16.5. The Balaban J connectivity index is 2.20. The summed E-state index contributed by atoms with van der Waals surface area (Å²) in [6, 6.07) is 15.9. The maximum atomic E-state index is 13.9. The van der Waals surface area contributed by atoms with Crippen molar-refractivity contribution in [2.24, 2.45) is 0 Å². The van der Waals surface area contributed by atoms with Crippen LogP contribution in [-0.4, -0.2) is 17.0 Å². The fourth-order valence-corrected chi connectivity index (χ4v) is 4.67. The molecular weight excluding hydrogens is 512 g/mol. The minimum absolute atomic E-state index is 0.202. The molecule has 0 unspecified atom stereocenters. The molecule has 3 rings (SSSR count). The number of para-hydroxylation sites is 1. The average molecular weight is 559 g/mol. The van der Waals surface area contributed by atoms with Crippen molar-refractivity contribution in [3.05, 3.63) is 88.0 Å². The number of rotatable bonds is 4. The van der Waals surface area contributed by atoms with Crippen LogP contribution in [0, 0.1) is 0 Å². The minimum Gasteiger partial charge on any atom is -0.507 e. The molecule has 220 valence electrons. The van der Waals surface area contributed by atoms with Crippen LogP contribution in [0.2, 0.25) is 0 Å². The molecule has 3 aromatic carbocycles. The second-order valence-corrected chi connectivity index (χ2v) is 14.9. The van der Waals surface area contributed by atoms with E-state index in [0.29, 0.717) is 33.8 Å². The van der Waals surface area contributed by atoms with E-state index in [1.54, 1.807) is 36.4 Å². The van der Waals surface area contributed by atoms with E-state index in [0.717, 1.165) is 11.1 Å². The summed E-state index contributed by atoms with van der Waals surface area (Å²) in [6.45, 7) is 24.2. The molecule has 0 saturated carbocycles. The highest BCUT2D eigenvalue weighted by Crippen LogP contribution is 2.43. The van der Waals surface area contributed by atoms with Gasteiger partial charge in [0.1, 0.15) is 17.2 Å². The van der Waals surface area contributed by atoms with Crippen LogP contribution in [0.15, 0.2) is 54.6 Å². The van der Waals surface area contributed by atoms with Gasteiger partial charge < -0.3 is 14.6 Å². The van der Waals surface area contributed by atoms with E-state index >= 15 is 0 Å². The van der Waals surface area contributed by atoms with Gasteiger partial charge in [-0.2, -0.15) is 0 Å². The smallest absolute Gasteiger partial charge is 0.343 e. The Hall–Kier alpha value is -3.60. The lowest BCUT2D eigenvalue weighted by molar-refractivity contribution is 0.0727. The molecule has 0 amide bonds. The first-order valence-corrected chi connectivity index (χ1v) is 14.2. The number of carbonyl (C=O) groups excluding carboxylic acids is 2. The van der Waals surface area contributed by atoms with Gasteiger partial charge in [-0.25, -0.2) is 9.59 Å². The first-order chi connectivity index (χ1) is 18.6. The van der Waals surface area contributed by atoms with Crippen molar-refractivity contribution in [2.45, 2.75) is 105 Å². The van der Waals surface area contributed by atoms with Gasteiger partial charge in [-0.15, -0.1) is 0 Å². The number of aromatic hydroxyl groups is 1. The molecule has 1 N–H and O–H groups in total. The summed E-state index contributed by atoms with van der Waals surface area (Å²) in [5.74, 6) is 0.103. The zero-order chi connectivity index (χ0) is 31.1. The van der Waals surface area contributed by atoms with E-state index in [1.165, 1.54) is 0 Å². The molecule has 0 aliphatic rings. The highest BCUT2D eigenvalue weighted by Gasteiger charge is 2.33. The SMILES string of the molecule is CC(C)(C)c1cc(C(=O)Oc2c(C(C)(C)C)cc(C(=O)Oc3ccccc3)cc2C(C)(C)C)cc(C(C)(C)C)c1O. The van der Waals surface area contributed by atoms with Gasteiger partial charge in [0.2, 0.25) is 0 Å². The summed E-state index contributed by atoms with van der Waals surface area (Å²) < 4.78 is 11.9.